The lowest BCUT2D eigenvalue weighted by Crippen LogP contribution is -2.42. The molecule has 1 aliphatic carbocycles. The summed E-state index contributed by atoms with van der Waals surface area (Å²) in [5.41, 5.74) is 3.51. The third-order valence-corrected chi connectivity index (χ3v) is 4.99. The maximum Gasteiger partial charge on any atom is 0.315 e. The summed E-state index contributed by atoms with van der Waals surface area (Å²) < 4.78 is 0. The first-order chi connectivity index (χ1) is 12.0. The molecule has 1 aromatic carbocycles. The van der Waals surface area contributed by atoms with Crippen LogP contribution in [0.2, 0.25) is 0 Å². The average Bonchev–Trinajstić information content (AvgIpc) is 3.35. The Morgan fingerprint density at radius 3 is 2.68 bits per heavy atom. The second kappa shape index (κ2) is 7.13. The fourth-order valence-electron chi connectivity index (χ4n) is 3.49. The highest BCUT2D eigenvalue weighted by Gasteiger charge is 2.42. The predicted molar refractivity (Wildman–Crippen MR) is 98.7 cm³/mol. The summed E-state index contributed by atoms with van der Waals surface area (Å²) in [7, 11) is 0. The lowest BCUT2D eigenvalue weighted by molar-refractivity contribution is 0.236. The summed E-state index contributed by atoms with van der Waals surface area (Å²) in [6, 6.07) is 12.2. The molecule has 0 spiro atoms. The molecule has 3 rings (SSSR count). The molecule has 1 saturated carbocycles. The molecule has 2 aromatic rings. The molecule has 3 unspecified atom stereocenters. The van der Waals surface area contributed by atoms with E-state index in [1.165, 1.54) is 5.56 Å². The molecule has 1 fully saturated rings. The zero-order valence-electron chi connectivity index (χ0n) is 14.9. The third-order valence-electron chi connectivity index (χ3n) is 4.99. The van der Waals surface area contributed by atoms with Crippen molar-refractivity contribution in [2.45, 2.75) is 45.7 Å². The Bertz CT molecular complexity index is 813. The van der Waals surface area contributed by atoms with Gasteiger partial charge in [-0.2, -0.15) is 0 Å². The number of urea groups is 1. The molecule has 0 saturated heterocycles. The van der Waals surface area contributed by atoms with Gasteiger partial charge in [-0.25, -0.2) is 4.79 Å². The van der Waals surface area contributed by atoms with Gasteiger partial charge in [-0.1, -0.05) is 30.3 Å². The number of benzene rings is 1. The van der Waals surface area contributed by atoms with Gasteiger partial charge in [0, 0.05) is 17.3 Å². The second-order valence-electron chi connectivity index (χ2n) is 6.98. The highest BCUT2D eigenvalue weighted by molar-refractivity contribution is 5.74. The number of carbonyl (C=O) groups is 1. The summed E-state index contributed by atoms with van der Waals surface area (Å²) in [6.07, 6.45) is 1.10. The molecule has 1 aliphatic rings. The van der Waals surface area contributed by atoms with Crippen LogP contribution in [0, 0.1) is 19.8 Å². The highest BCUT2D eigenvalue weighted by atomic mass is 16.2. The Labute approximate surface area is 147 Å². The van der Waals surface area contributed by atoms with Crippen molar-refractivity contribution in [2.75, 3.05) is 0 Å². The fraction of sp³-hybridized carbons (Fsp3) is 0.400. The van der Waals surface area contributed by atoms with Crippen LogP contribution in [0.15, 0.2) is 41.2 Å². The van der Waals surface area contributed by atoms with Gasteiger partial charge >= 0.3 is 6.03 Å². The number of nitrogens with one attached hydrogen (secondary N) is 3. The van der Waals surface area contributed by atoms with E-state index in [0.717, 1.165) is 17.7 Å². The van der Waals surface area contributed by atoms with E-state index in [9.17, 15) is 9.59 Å². The van der Waals surface area contributed by atoms with Crippen molar-refractivity contribution in [1.82, 2.24) is 15.6 Å². The number of carbonyl (C=O) groups excluding carboxylic acids is 1. The topological polar surface area (TPSA) is 74.0 Å². The minimum atomic E-state index is -0.231. The molecule has 1 aromatic heterocycles. The molecule has 0 radical (unpaired) electrons. The van der Waals surface area contributed by atoms with Crippen molar-refractivity contribution < 1.29 is 4.79 Å². The summed E-state index contributed by atoms with van der Waals surface area (Å²) in [4.78, 5) is 26.9. The van der Waals surface area contributed by atoms with Crippen molar-refractivity contribution in [3.8, 4) is 0 Å². The molecule has 5 nitrogen and oxygen atoms in total. The Morgan fingerprint density at radius 1 is 1.28 bits per heavy atom. The minimum absolute atomic E-state index is 0.0996. The molecule has 1 heterocycles. The van der Waals surface area contributed by atoms with Crippen LogP contribution in [0.4, 0.5) is 4.79 Å². The van der Waals surface area contributed by atoms with E-state index >= 15 is 0 Å². The highest BCUT2D eigenvalue weighted by Crippen LogP contribution is 2.49. The number of rotatable bonds is 5. The van der Waals surface area contributed by atoms with Crippen LogP contribution < -0.4 is 16.2 Å². The molecule has 2 amide bonds. The van der Waals surface area contributed by atoms with Crippen molar-refractivity contribution >= 4 is 6.03 Å². The Balaban J connectivity index is 1.51. The van der Waals surface area contributed by atoms with Crippen molar-refractivity contribution in [1.29, 1.82) is 0 Å². The largest absolute Gasteiger partial charge is 0.335 e. The maximum atomic E-state index is 12.2. The summed E-state index contributed by atoms with van der Waals surface area (Å²) >= 11 is 0. The summed E-state index contributed by atoms with van der Waals surface area (Å²) in [5.74, 6) is 0.997. The summed E-state index contributed by atoms with van der Waals surface area (Å²) in [5, 5.41) is 5.80. The van der Waals surface area contributed by atoms with E-state index in [1.807, 2.05) is 32.9 Å². The van der Waals surface area contributed by atoms with Gasteiger partial charge in [0.15, 0.2) is 0 Å². The van der Waals surface area contributed by atoms with Gasteiger partial charge in [-0.15, -0.1) is 0 Å². The number of aryl methyl sites for hydroxylation is 2. The predicted octanol–water partition coefficient (Wildman–Crippen LogP) is 2.98. The Hall–Kier alpha value is -2.56. The minimum Gasteiger partial charge on any atom is -0.335 e. The van der Waals surface area contributed by atoms with E-state index in [1.54, 1.807) is 0 Å². The standard InChI is InChI=1S/C20H25N3O2/c1-12-9-13(2)22-19(24)18(12)11-21-20(25)23-14(3)16-10-17(16)15-7-5-4-6-8-15/h4-9,14,16-17H,10-11H2,1-3H3,(H,22,24)(H2,21,23,25). The SMILES string of the molecule is Cc1cc(C)c(CNC(=O)NC(C)C2CC2c2ccccc2)c(=O)[nH]1. The molecule has 0 bridgehead atoms. The van der Waals surface area contributed by atoms with Crippen molar-refractivity contribution in [3.63, 3.8) is 0 Å². The number of H-pyrrole nitrogens is 1. The number of aromatic nitrogens is 1. The lowest BCUT2D eigenvalue weighted by Gasteiger charge is -2.15. The van der Waals surface area contributed by atoms with Gasteiger partial charge in [0.1, 0.15) is 0 Å². The van der Waals surface area contributed by atoms with Crippen LogP contribution in [-0.2, 0) is 6.54 Å². The average molecular weight is 339 g/mol. The van der Waals surface area contributed by atoms with Crippen LogP contribution in [0.25, 0.3) is 0 Å². The number of hydrogen-bond donors (Lipinski definition) is 3. The van der Waals surface area contributed by atoms with Crippen LogP contribution in [0.3, 0.4) is 0 Å². The summed E-state index contributed by atoms with van der Waals surface area (Å²) in [6.45, 7) is 6.00. The molecular formula is C20H25N3O2. The number of aromatic amines is 1. The third kappa shape index (κ3) is 4.10. The molecule has 3 atom stereocenters. The first-order valence-electron chi connectivity index (χ1n) is 8.74. The van der Waals surface area contributed by atoms with Crippen molar-refractivity contribution in [2.24, 2.45) is 5.92 Å². The smallest absolute Gasteiger partial charge is 0.315 e. The van der Waals surface area contributed by atoms with Crippen LogP contribution in [0.5, 0.6) is 0 Å². The number of amides is 2. The van der Waals surface area contributed by atoms with Crippen LogP contribution >= 0.6 is 0 Å². The van der Waals surface area contributed by atoms with Gasteiger partial charge < -0.3 is 15.6 Å². The Kier molecular flexibility index (Phi) is 4.93. The normalized spacial score (nSPS) is 20.0. The zero-order valence-corrected chi connectivity index (χ0v) is 14.9. The van der Waals surface area contributed by atoms with E-state index < -0.39 is 0 Å². The molecular weight excluding hydrogens is 314 g/mol. The monoisotopic (exact) mass is 339 g/mol. The molecule has 132 valence electrons. The lowest BCUT2D eigenvalue weighted by atomic mass is 10.1. The van der Waals surface area contributed by atoms with Gasteiger partial charge in [0.25, 0.3) is 5.56 Å². The van der Waals surface area contributed by atoms with Gasteiger partial charge in [0.2, 0.25) is 0 Å². The van der Waals surface area contributed by atoms with Crippen molar-refractivity contribution in [3.05, 3.63) is 69.1 Å². The van der Waals surface area contributed by atoms with E-state index in [4.69, 9.17) is 0 Å². The molecule has 5 heteroatoms. The molecule has 25 heavy (non-hydrogen) atoms. The van der Waals surface area contributed by atoms with Gasteiger partial charge in [0.05, 0.1) is 6.54 Å². The first kappa shape index (κ1) is 17.3. The number of pyridine rings is 1. The maximum absolute atomic E-state index is 12.2. The van der Waals surface area contributed by atoms with E-state index in [-0.39, 0.29) is 24.2 Å². The zero-order chi connectivity index (χ0) is 18.0. The Morgan fingerprint density at radius 2 is 2.00 bits per heavy atom. The molecule has 3 N–H and O–H groups in total. The fourth-order valence-corrected chi connectivity index (χ4v) is 3.49. The van der Waals surface area contributed by atoms with Crippen LogP contribution in [-0.4, -0.2) is 17.1 Å². The van der Waals surface area contributed by atoms with Gasteiger partial charge in [-0.3, -0.25) is 4.79 Å². The number of hydrogen-bond acceptors (Lipinski definition) is 2. The van der Waals surface area contributed by atoms with E-state index in [2.05, 4.69) is 39.9 Å². The first-order valence-corrected chi connectivity index (χ1v) is 8.74. The molecule has 0 aliphatic heterocycles. The van der Waals surface area contributed by atoms with Gasteiger partial charge in [-0.05, 0) is 56.2 Å². The van der Waals surface area contributed by atoms with E-state index in [0.29, 0.717) is 17.4 Å². The van der Waals surface area contributed by atoms with Crippen LogP contribution in [0.1, 0.15) is 41.6 Å². The quantitative estimate of drug-likeness (QED) is 0.783. The second-order valence-corrected chi connectivity index (χ2v) is 6.98.